The van der Waals surface area contributed by atoms with E-state index in [4.69, 9.17) is 14.2 Å². The van der Waals surface area contributed by atoms with Crippen molar-refractivity contribution in [1.82, 2.24) is 10.2 Å². The van der Waals surface area contributed by atoms with Gasteiger partial charge in [0.2, 0.25) is 0 Å². The quantitative estimate of drug-likeness (QED) is 0.504. The first-order valence-electron chi connectivity index (χ1n) is 10.3. The van der Waals surface area contributed by atoms with Gasteiger partial charge >= 0.3 is 0 Å². The van der Waals surface area contributed by atoms with E-state index in [1.54, 1.807) is 39.5 Å². The molecule has 1 heterocycles. The SMILES string of the molecule is CCCc1[nH]nc(CCc2ccc(OC)cc2)c1NC(=O)c1ccc(OC)c(OC)c1. The molecule has 0 spiro atoms. The third-order valence-corrected chi connectivity index (χ3v) is 5.11. The molecule has 1 aromatic heterocycles. The number of rotatable bonds is 10. The van der Waals surface area contributed by atoms with E-state index in [1.165, 1.54) is 5.56 Å². The van der Waals surface area contributed by atoms with Crippen molar-refractivity contribution in [1.29, 1.82) is 0 Å². The van der Waals surface area contributed by atoms with Gasteiger partial charge < -0.3 is 19.5 Å². The first-order valence-corrected chi connectivity index (χ1v) is 10.3. The van der Waals surface area contributed by atoms with Gasteiger partial charge in [-0.05, 0) is 55.2 Å². The van der Waals surface area contributed by atoms with Crippen LogP contribution in [0.15, 0.2) is 42.5 Å². The third kappa shape index (κ3) is 5.36. The second-order valence-electron chi connectivity index (χ2n) is 7.15. The van der Waals surface area contributed by atoms with Gasteiger partial charge in [-0.25, -0.2) is 0 Å². The molecule has 164 valence electrons. The minimum absolute atomic E-state index is 0.217. The molecule has 0 bridgehead atoms. The molecule has 0 radical (unpaired) electrons. The number of H-pyrrole nitrogens is 1. The molecule has 3 aromatic rings. The highest BCUT2D eigenvalue weighted by Gasteiger charge is 2.18. The highest BCUT2D eigenvalue weighted by Crippen LogP contribution is 2.29. The summed E-state index contributed by atoms with van der Waals surface area (Å²) in [4.78, 5) is 13.0. The average Bonchev–Trinajstić information content (AvgIpc) is 3.18. The van der Waals surface area contributed by atoms with E-state index in [0.717, 1.165) is 42.1 Å². The largest absolute Gasteiger partial charge is 0.497 e. The van der Waals surface area contributed by atoms with Gasteiger partial charge in [-0.3, -0.25) is 9.89 Å². The molecule has 0 saturated carbocycles. The zero-order valence-electron chi connectivity index (χ0n) is 18.5. The molecule has 3 rings (SSSR count). The maximum absolute atomic E-state index is 13.0. The Morgan fingerprint density at radius 1 is 0.935 bits per heavy atom. The predicted molar refractivity (Wildman–Crippen MR) is 120 cm³/mol. The van der Waals surface area contributed by atoms with Crippen molar-refractivity contribution >= 4 is 11.6 Å². The van der Waals surface area contributed by atoms with Gasteiger partial charge in [0, 0.05) is 5.56 Å². The topological polar surface area (TPSA) is 85.5 Å². The number of ether oxygens (including phenoxy) is 3. The number of hydrogen-bond donors (Lipinski definition) is 2. The molecule has 31 heavy (non-hydrogen) atoms. The normalized spacial score (nSPS) is 10.6. The molecular formula is C24H29N3O4. The molecule has 0 aliphatic heterocycles. The van der Waals surface area contributed by atoms with E-state index in [1.807, 2.05) is 24.3 Å². The van der Waals surface area contributed by atoms with Gasteiger partial charge in [0.25, 0.3) is 5.91 Å². The third-order valence-electron chi connectivity index (χ3n) is 5.11. The summed E-state index contributed by atoms with van der Waals surface area (Å²) in [5.41, 5.74) is 4.20. The summed E-state index contributed by atoms with van der Waals surface area (Å²) in [5.74, 6) is 1.70. The van der Waals surface area contributed by atoms with Crippen LogP contribution in [-0.4, -0.2) is 37.4 Å². The minimum atomic E-state index is -0.217. The molecule has 0 aliphatic rings. The van der Waals surface area contributed by atoms with Crippen LogP contribution in [0.4, 0.5) is 5.69 Å². The van der Waals surface area contributed by atoms with Crippen LogP contribution in [0.3, 0.4) is 0 Å². The summed E-state index contributed by atoms with van der Waals surface area (Å²) < 4.78 is 15.8. The van der Waals surface area contributed by atoms with Crippen LogP contribution in [0.25, 0.3) is 0 Å². The number of benzene rings is 2. The van der Waals surface area contributed by atoms with Crippen molar-refractivity contribution in [3.05, 3.63) is 65.0 Å². The first-order chi connectivity index (χ1) is 15.1. The van der Waals surface area contributed by atoms with Crippen LogP contribution in [0.5, 0.6) is 17.2 Å². The molecule has 0 unspecified atom stereocenters. The Kier molecular flexibility index (Phi) is 7.54. The number of nitrogens with one attached hydrogen (secondary N) is 2. The van der Waals surface area contributed by atoms with E-state index >= 15 is 0 Å². The Morgan fingerprint density at radius 3 is 2.32 bits per heavy atom. The monoisotopic (exact) mass is 423 g/mol. The molecule has 7 heteroatoms. The van der Waals surface area contributed by atoms with Crippen LogP contribution in [0.1, 0.15) is 40.7 Å². The van der Waals surface area contributed by atoms with Crippen LogP contribution in [-0.2, 0) is 19.3 Å². The molecule has 1 amide bonds. The van der Waals surface area contributed by atoms with E-state index in [2.05, 4.69) is 22.4 Å². The molecule has 0 fully saturated rings. The van der Waals surface area contributed by atoms with Crippen LogP contribution in [0, 0.1) is 0 Å². The van der Waals surface area contributed by atoms with Crippen molar-refractivity contribution in [3.63, 3.8) is 0 Å². The lowest BCUT2D eigenvalue weighted by molar-refractivity contribution is 0.102. The highest BCUT2D eigenvalue weighted by atomic mass is 16.5. The lowest BCUT2D eigenvalue weighted by Gasteiger charge is -2.11. The zero-order valence-corrected chi connectivity index (χ0v) is 18.5. The first kappa shape index (κ1) is 22.2. The van der Waals surface area contributed by atoms with E-state index in [-0.39, 0.29) is 5.91 Å². The van der Waals surface area contributed by atoms with Crippen molar-refractivity contribution in [3.8, 4) is 17.2 Å². The lowest BCUT2D eigenvalue weighted by atomic mass is 10.1. The van der Waals surface area contributed by atoms with Gasteiger partial charge in [0.15, 0.2) is 11.5 Å². The fourth-order valence-electron chi connectivity index (χ4n) is 3.40. The number of aryl methyl sites for hydroxylation is 3. The fourth-order valence-corrected chi connectivity index (χ4v) is 3.40. The maximum atomic E-state index is 13.0. The van der Waals surface area contributed by atoms with Crippen molar-refractivity contribution in [2.45, 2.75) is 32.6 Å². The maximum Gasteiger partial charge on any atom is 0.255 e. The number of aromatic amines is 1. The summed E-state index contributed by atoms with van der Waals surface area (Å²) in [5, 5.41) is 10.6. The Hall–Kier alpha value is -3.48. The summed E-state index contributed by atoms with van der Waals surface area (Å²) in [6, 6.07) is 13.1. The summed E-state index contributed by atoms with van der Waals surface area (Å²) >= 11 is 0. The summed E-state index contributed by atoms with van der Waals surface area (Å²) in [6.07, 6.45) is 3.25. The van der Waals surface area contributed by atoms with Crippen molar-refractivity contribution in [2.24, 2.45) is 0 Å². The van der Waals surface area contributed by atoms with E-state index in [9.17, 15) is 4.79 Å². The average molecular weight is 424 g/mol. The number of carbonyl (C=O) groups is 1. The number of aromatic nitrogens is 2. The van der Waals surface area contributed by atoms with Crippen LogP contribution in [0.2, 0.25) is 0 Å². The molecule has 2 N–H and O–H groups in total. The molecule has 0 aliphatic carbocycles. The Balaban J connectivity index is 1.78. The van der Waals surface area contributed by atoms with Crippen LogP contribution >= 0.6 is 0 Å². The molecule has 7 nitrogen and oxygen atoms in total. The lowest BCUT2D eigenvalue weighted by Crippen LogP contribution is -2.14. The smallest absolute Gasteiger partial charge is 0.255 e. The van der Waals surface area contributed by atoms with Gasteiger partial charge in [-0.15, -0.1) is 0 Å². The molecule has 0 saturated heterocycles. The Bertz CT molecular complexity index is 1010. The number of carbonyl (C=O) groups excluding carboxylic acids is 1. The van der Waals surface area contributed by atoms with Gasteiger partial charge in [0.1, 0.15) is 5.75 Å². The molecule has 0 atom stereocenters. The second-order valence-corrected chi connectivity index (χ2v) is 7.15. The fraction of sp³-hybridized carbons (Fsp3) is 0.333. The van der Waals surface area contributed by atoms with Gasteiger partial charge in [-0.1, -0.05) is 25.5 Å². The van der Waals surface area contributed by atoms with Crippen molar-refractivity contribution < 1.29 is 19.0 Å². The Labute approximate surface area is 182 Å². The zero-order chi connectivity index (χ0) is 22.2. The van der Waals surface area contributed by atoms with E-state index in [0.29, 0.717) is 23.5 Å². The predicted octanol–water partition coefficient (Wildman–Crippen LogP) is 4.43. The van der Waals surface area contributed by atoms with Crippen LogP contribution < -0.4 is 19.5 Å². The van der Waals surface area contributed by atoms with Gasteiger partial charge in [-0.2, -0.15) is 5.10 Å². The number of hydrogen-bond acceptors (Lipinski definition) is 5. The second kappa shape index (κ2) is 10.5. The molecule has 2 aromatic carbocycles. The number of anilines is 1. The number of amides is 1. The summed E-state index contributed by atoms with van der Waals surface area (Å²) in [6.45, 7) is 2.10. The number of methoxy groups -OCH3 is 3. The number of nitrogens with zero attached hydrogens (tertiary/aromatic N) is 1. The highest BCUT2D eigenvalue weighted by molar-refractivity contribution is 6.05. The standard InChI is InChI=1S/C24H29N3O4/c1-5-6-19-23(25-24(28)17-10-14-21(30-3)22(15-17)31-4)20(27-26-19)13-9-16-7-11-18(29-2)12-8-16/h7-8,10-12,14-15H,5-6,9,13H2,1-4H3,(H,25,28)(H,26,27). The van der Waals surface area contributed by atoms with E-state index < -0.39 is 0 Å². The Morgan fingerprint density at radius 2 is 1.68 bits per heavy atom. The minimum Gasteiger partial charge on any atom is -0.497 e. The van der Waals surface area contributed by atoms with Crippen molar-refractivity contribution in [2.75, 3.05) is 26.6 Å². The van der Waals surface area contributed by atoms with Gasteiger partial charge in [0.05, 0.1) is 38.4 Å². The summed E-state index contributed by atoms with van der Waals surface area (Å²) in [7, 11) is 4.77. The molecular weight excluding hydrogens is 394 g/mol.